The first-order valence-electron chi connectivity index (χ1n) is 4.92. The Morgan fingerprint density at radius 1 is 1.41 bits per heavy atom. The monoisotopic (exact) mass is 241 g/mol. The van der Waals surface area contributed by atoms with Crippen molar-refractivity contribution in [3.05, 3.63) is 40.0 Å². The van der Waals surface area contributed by atoms with Gasteiger partial charge < -0.3 is 15.3 Å². The number of rotatable bonds is 5. The van der Waals surface area contributed by atoms with Gasteiger partial charge in [-0.1, -0.05) is 17.2 Å². The zero-order valence-corrected chi connectivity index (χ0v) is 8.86. The van der Waals surface area contributed by atoms with E-state index >= 15 is 0 Å². The van der Waals surface area contributed by atoms with Gasteiger partial charge in [0.05, 0.1) is 6.10 Å². The van der Waals surface area contributed by atoms with Gasteiger partial charge >= 0.3 is 0 Å². The van der Waals surface area contributed by atoms with E-state index < -0.39 is 23.8 Å². The highest BCUT2D eigenvalue weighted by Crippen LogP contribution is 2.26. The molecule has 17 heavy (non-hydrogen) atoms. The Bertz CT molecular complexity index is 435. The number of phenols is 1. The lowest BCUT2D eigenvalue weighted by Crippen LogP contribution is -2.20. The molecule has 1 aromatic carbocycles. The number of azide groups is 1. The minimum atomic E-state index is -1.48. The van der Waals surface area contributed by atoms with Gasteiger partial charge in [0.15, 0.2) is 11.6 Å². The zero-order chi connectivity index (χ0) is 12.8. The molecule has 2 atom stereocenters. The standard InChI is InChI=1S/C10H12FN3O3/c11-9-6(2-1-3-7(9)15)10(17)8(16)4-5-13-14-12/h1-3,8,10,15-17H,4-5H2. The van der Waals surface area contributed by atoms with Crippen LogP contribution in [-0.4, -0.2) is 28.0 Å². The summed E-state index contributed by atoms with van der Waals surface area (Å²) >= 11 is 0. The van der Waals surface area contributed by atoms with Crippen molar-refractivity contribution in [1.29, 1.82) is 0 Å². The van der Waals surface area contributed by atoms with Gasteiger partial charge in [-0.3, -0.25) is 0 Å². The van der Waals surface area contributed by atoms with E-state index in [1.807, 2.05) is 0 Å². The summed E-state index contributed by atoms with van der Waals surface area (Å²) in [6.45, 7) is -0.00480. The molecule has 0 amide bonds. The van der Waals surface area contributed by atoms with E-state index in [1.54, 1.807) is 0 Å². The number of aliphatic hydroxyl groups excluding tert-OH is 2. The summed E-state index contributed by atoms with van der Waals surface area (Å²) in [7, 11) is 0. The van der Waals surface area contributed by atoms with E-state index in [0.717, 1.165) is 6.07 Å². The number of benzene rings is 1. The van der Waals surface area contributed by atoms with Gasteiger partial charge in [0.1, 0.15) is 6.10 Å². The van der Waals surface area contributed by atoms with Gasteiger partial charge in [0.2, 0.25) is 0 Å². The fourth-order valence-corrected chi connectivity index (χ4v) is 1.37. The number of aliphatic hydroxyl groups is 2. The maximum Gasteiger partial charge on any atom is 0.170 e. The normalized spacial score (nSPS) is 13.8. The van der Waals surface area contributed by atoms with Gasteiger partial charge in [-0.15, -0.1) is 0 Å². The average Bonchev–Trinajstić information content (AvgIpc) is 2.32. The summed E-state index contributed by atoms with van der Waals surface area (Å²) in [5.74, 6) is -1.56. The maximum atomic E-state index is 13.4. The van der Waals surface area contributed by atoms with Crippen molar-refractivity contribution in [3.8, 4) is 5.75 Å². The molecule has 0 saturated carbocycles. The Morgan fingerprint density at radius 2 is 2.12 bits per heavy atom. The molecule has 0 saturated heterocycles. The molecule has 7 heteroatoms. The zero-order valence-electron chi connectivity index (χ0n) is 8.86. The van der Waals surface area contributed by atoms with Crippen molar-refractivity contribution in [2.24, 2.45) is 5.11 Å². The molecule has 1 rings (SSSR count). The Kier molecular flexibility index (Phi) is 4.71. The van der Waals surface area contributed by atoms with Crippen LogP contribution in [0.1, 0.15) is 18.1 Å². The molecule has 0 spiro atoms. The smallest absolute Gasteiger partial charge is 0.170 e. The van der Waals surface area contributed by atoms with Crippen molar-refractivity contribution >= 4 is 0 Å². The predicted octanol–water partition coefficient (Wildman–Crippen LogP) is 1.63. The minimum absolute atomic E-state index is 0.000320. The summed E-state index contributed by atoms with van der Waals surface area (Å²) in [6, 6.07) is 3.76. The molecule has 0 heterocycles. The Labute approximate surface area is 96.6 Å². The van der Waals surface area contributed by atoms with Crippen LogP contribution in [-0.2, 0) is 0 Å². The van der Waals surface area contributed by atoms with Crippen molar-refractivity contribution in [3.63, 3.8) is 0 Å². The number of hydrogen-bond acceptors (Lipinski definition) is 4. The molecule has 6 nitrogen and oxygen atoms in total. The van der Waals surface area contributed by atoms with Crippen LogP contribution in [0.3, 0.4) is 0 Å². The molecule has 0 fully saturated rings. The fourth-order valence-electron chi connectivity index (χ4n) is 1.37. The fraction of sp³-hybridized carbons (Fsp3) is 0.400. The van der Waals surface area contributed by atoms with Gasteiger partial charge in [-0.05, 0) is 18.0 Å². The molecule has 3 N–H and O–H groups in total. The van der Waals surface area contributed by atoms with E-state index in [2.05, 4.69) is 10.0 Å². The van der Waals surface area contributed by atoms with Gasteiger partial charge in [-0.2, -0.15) is 0 Å². The van der Waals surface area contributed by atoms with Crippen LogP contribution in [0.4, 0.5) is 4.39 Å². The van der Waals surface area contributed by atoms with Crippen LogP contribution in [0.5, 0.6) is 5.75 Å². The molecule has 92 valence electrons. The molecule has 0 radical (unpaired) electrons. The lowest BCUT2D eigenvalue weighted by molar-refractivity contribution is 0.0128. The third kappa shape index (κ3) is 3.32. The first kappa shape index (κ1) is 13.2. The maximum absolute atomic E-state index is 13.4. The second-order valence-corrected chi connectivity index (χ2v) is 3.44. The Morgan fingerprint density at radius 3 is 2.76 bits per heavy atom. The molecule has 2 unspecified atom stereocenters. The Balaban J connectivity index is 2.77. The highest BCUT2D eigenvalue weighted by Gasteiger charge is 2.22. The predicted molar refractivity (Wildman–Crippen MR) is 57.7 cm³/mol. The molecular formula is C10H12FN3O3. The van der Waals surface area contributed by atoms with Crippen molar-refractivity contribution < 1.29 is 19.7 Å². The molecule has 0 aliphatic carbocycles. The van der Waals surface area contributed by atoms with Gasteiger partial charge in [-0.25, -0.2) is 4.39 Å². The molecule has 0 bridgehead atoms. The van der Waals surface area contributed by atoms with Crippen molar-refractivity contribution in [1.82, 2.24) is 0 Å². The Hall–Kier alpha value is -1.82. The SMILES string of the molecule is [N-]=[N+]=NCCC(O)C(O)c1cccc(O)c1F. The molecule has 1 aromatic rings. The second kappa shape index (κ2) is 6.05. The van der Waals surface area contributed by atoms with Gasteiger partial charge in [0.25, 0.3) is 0 Å². The van der Waals surface area contributed by atoms with Crippen LogP contribution in [0.15, 0.2) is 23.3 Å². The number of phenolic OH excluding ortho intramolecular Hbond substituents is 1. The van der Waals surface area contributed by atoms with E-state index in [1.165, 1.54) is 12.1 Å². The van der Waals surface area contributed by atoms with E-state index in [9.17, 15) is 14.6 Å². The van der Waals surface area contributed by atoms with Crippen LogP contribution < -0.4 is 0 Å². The van der Waals surface area contributed by atoms with E-state index in [0.29, 0.717) is 0 Å². The van der Waals surface area contributed by atoms with Crippen LogP contribution in [0.25, 0.3) is 10.4 Å². The van der Waals surface area contributed by atoms with Crippen molar-refractivity contribution in [2.75, 3.05) is 6.54 Å². The lowest BCUT2D eigenvalue weighted by Gasteiger charge is -2.18. The molecule has 0 aromatic heterocycles. The topological polar surface area (TPSA) is 109 Å². The first-order chi connectivity index (χ1) is 8.07. The quantitative estimate of drug-likeness (QED) is 0.414. The third-order valence-electron chi connectivity index (χ3n) is 2.28. The summed E-state index contributed by atoms with van der Waals surface area (Å²) in [5, 5.41) is 31.5. The number of aromatic hydroxyl groups is 1. The number of nitrogens with zero attached hydrogens (tertiary/aromatic N) is 3. The highest BCUT2D eigenvalue weighted by atomic mass is 19.1. The molecule has 0 aliphatic rings. The third-order valence-corrected chi connectivity index (χ3v) is 2.28. The number of hydrogen-bond donors (Lipinski definition) is 3. The largest absolute Gasteiger partial charge is 0.505 e. The van der Waals surface area contributed by atoms with E-state index in [-0.39, 0.29) is 18.5 Å². The molecule has 0 aliphatic heterocycles. The molecular weight excluding hydrogens is 229 g/mol. The van der Waals surface area contributed by atoms with Crippen LogP contribution >= 0.6 is 0 Å². The van der Waals surface area contributed by atoms with Gasteiger partial charge in [0, 0.05) is 17.0 Å². The van der Waals surface area contributed by atoms with Crippen LogP contribution in [0.2, 0.25) is 0 Å². The minimum Gasteiger partial charge on any atom is -0.505 e. The summed E-state index contributed by atoms with van der Waals surface area (Å²) in [4.78, 5) is 2.49. The lowest BCUT2D eigenvalue weighted by atomic mass is 10.0. The summed E-state index contributed by atoms with van der Waals surface area (Å²) in [5.41, 5.74) is 7.84. The highest BCUT2D eigenvalue weighted by molar-refractivity contribution is 5.31. The first-order valence-corrected chi connectivity index (χ1v) is 4.92. The average molecular weight is 241 g/mol. The second-order valence-electron chi connectivity index (χ2n) is 3.44. The van der Waals surface area contributed by atoms with Crippen molar-refractivity contribution in [2.45, 2.75) is 18.6 Å². The summed E-state index contributed by atoms with van der Waals surface area (Å²) in [6.07, 6.45) is -2.74. The number of halogens is 1. The summed E-state index contributed by atoms with van der Waals surface area (Å²) < 4.78 is 13.4. The van der Waals surface area contributed by atoms with Crippen LogP contribution in [0, 0.1) is 5.82 Å². The van der Waals surface area contributed by atoms with E-state index in [4.69, 9.17) is 10.6 Å².